The summed E-state index contributed by atoms with van der Waals surface area (Å²) >= 11 is 0. The molecule has 1 atom stereocenters. The summed E-state index contributed by atoms with van der Waals surface area (Å²) in [4.78, 5) is 17.4. The molecule has 31 heavy (non-hydrogen) atoms. The van der Waals surface area contributed by atoms with Crippen LogP contribution < -0.4 is 5.32 Å². The number of nitrogens with zero attached hydrogens (tertiary/aromatic N) is 2. The Kier molecular flexibility index (Phi) is 5.02. The van der Waals surface area contributed by atoms with Gasteiger partial charge in [0, 0.05) is 24.7 Å². The number of aromatic nitrogens is 1. The molecule has 1 amide bonds. The van der Waals surface area contributed by atoms with Crippen LogP contribution in [0.5, 0.6) is 0 Å². The number of hydrogen-bond donors (Lipinski definition) is 1. The van der Waals surface area contributed by atoms with E-state index in [1.807, 2.05) is 0 Å². The zero-order valence-corrected chi connectivity index (χ0v) is 17.6. The van der Waals surface area contributed by atoms with Crippen molar-refractivity contribution >= 4 is 32.7 Å². The lowest BCUT2D eigenvalue weighted by Gasteiger charge is -2.31. The SMILES string of the molecule is O=C(Nc1ccc2oc(C3CC3)nc2c1)[C@H]1CCCN(S(=O)(=O)c2ccc(F)cc2)C1. The van der Waals surface area contributed by atoms with E-state index in [2.05, 4.69) is 10.3 Å². The fourth-order valence-corrected chi connectivity index (χ4v) is 5.43. The monoisotopic (exact) mass is 443 g/mol. The first-order chi connectivity index (χ1) is 14.9. The van der Waals surface area contributed by atoms with E-state index in [9.17, 15) is 17.6 Å². The van der Waals surface area contributed by atoms with Gasteiger partial charge in [0.2, 0.25) is 15.9 Å². The molecule has 2 fully saturated rings. The van der Waals surface area contributed by atoms with Crippen molar-refractivity contribution in [3.05, 3.63) is 54.2 Å². The Morgan fingerprint density at radius 1 is 1.13 bits per heavy atom. The number of anilines is 1. The second-order valence-electron chi connectivity index (χ2n) is 8.15. The number of halogens is 1. The van der Waals surface area contributed by atoms with E-state index in [4.69, 9.17) is 4.42 Å². The maximum Gasteiger partial charge on any atom is 0.243 e. The number of benzene rings is 2. The third-order valence-corrected chi connectivity index (χ3v) is 7.68. The van der Waals surface area contributed by atoms with Crippen LogP contribution in [0.1, 0.15) is 37.5 Å². The van der Waals surface area contributed by atoms with E-state index in [1.165, 1.54) is 16.4 Å². The molecule has 0 radical (unpaired) electrons. The zero-order chi connectivity index (χ0) is 21.6. The van der Waals surface area contributed by atoms with Crippen molar-refractivity contribution in [1.82, 2.24) is 9.29 Å². The van der Waals surface area contributed by atoms with E-state index in [-0.39, 0.29) is 17.3 Å². The Morgan fingerprint density at radius 2 is 1.90 bits per heavy atom. The maximum atomic E-state index is 13.2. The fourth-order valence-electron chi connectivity index (χ4n) is 3.90. The van der Waals surface area contributed by atoms with E-state index >= 15 is 0 Å². The standard InChI is InChI=1S/C22H22FN3O4S/c23-16-5-8-18(9-6-16)31(28,29)26-11-1-2-15(13-26)21(27)24-17-7-10-20-19(12-17)25-22(30-20)14-3-4-14/h5-10,12,14-15H,1-4,11,13H2,(H,24,27)/t15-/m0/s1. The molecule has 2 heterocycles. The number of piperidine rings is 1. The number of oxazole rings is 1. The molecule has 0 spiro atoms. The maximum absolute atomic E-state index is 13.2. The number of sulfonamides is 1. The molecule has 3 aromatic rings. The molecule has 9 heteroatoms. The Bertz CT molecular complexity index is 1240. The Labute approximate surface area is 179 Å². The number of nitrogens with one attached hydrogen (secondary N) is 1. The molecule has 1 aliphatic heterocycles. The van der Waals surface area contributed by atoms with Gasteiger partial charge in [0.1, 0.15) is 11.3 Å². The molecule has 2 aromatic carbocycles. The van der Waals surface area contributed by atoms with Gasteiger partial charge in [-0.1, -0.05) is 0 Å². The van der Waals surface area contributed by atoms with Crippen molar-refractivity contribution in [3.63, 3.8) is 0 Å². The van der Waals surface area contributed by atoms with Crippen molar-refractivity contribution in [2.75, 3.05) is 18.4 Å². The zero-order valence-electron chi connectivity index (χ0n) is 16.8. The Morgan fingerprint density at radius 3 is 2.65 bits per heavy atom. The van der Waals surface area contributed by atoms with E-state index < -0.39 is 21.8 Å². The Balaban J connectivity index is 1.29. The number of rotatable bonds is 5. The second kappa shape index (κ2) is 7.72. The summed E-state index contributed by atoms with van der Waals surface area (Å²) in [6.45, 7) is 0.419. The van der Waals surface area contributed by atoms with Crippen LogP contribution in [0.3, 0.4) is 0 Å². The van der Waals surface area contributed by atoms with E-state index in [0.29, 0.717) is 42.1 Å². The molecule has 0 bridgehead atoms. The first-order valence-corrected chi connectivity index (χ1v) is 11.8. The van der Waals surface area contributed by atoms with Gasteiger partial charge in [0.25, 0.3) is 0 Å². The predicted octanol–water partition coefficient (Wildman–Crippen LogP) is 3.88. The van der Waals surface area contributed by atoms with Crippen LogP contribution in [0.25, 0.3) is 11.1 Å². The highest BCUT2D eigenvalue weighted by Crippen LogP contribution is 2.40. The summed E-state index contributed by atoms with van der Waals surface area (Å²) in [7, 11) is -3.78. The first-order valence-electron chi connectivity index (χ1n) is 10.4. The molecule has 1 saturated heterocycles. The number of hydrogen-bond acceptors (Lipinski definition) is 5. The predicted molar refractivity (Wildman–Crippen MR) is 112 cm³/mol. The quantitative estimate of drug-likeness (QED) is 0.646. The fraction of sp³-hybridized carbons (Fsp3) is 0.364. The van der Waals surface area contributed by atoms with Crippen LogP contribution in [-0.4, -0.2) is 36.7 Å². The van der Waals surface area contributed by atoms with Crippen molar-refractivity contribution in [2.24, 2.45) is 5.92 Å². The summed E-state index contributed by atoms with van der Waals surface area (Å²) < 4.78 is 46.0. The number of carbonyl (C=O) groups excluding carboxylic acids is 1. The molecule has 0 unspecified atom stereocenters. The highest BCUT2D eigenvalue weighted by Gasteiger charge is 2.33. The van der Waals surface area contributed by atoms with Gasteiger partial charge in [-0.3, -0.25) is 4.79 Å². The molecule has 162 valence electrons. The van der Waals surface area contributed by atoms with Gasteiger partial charge in [-0.05, 0) is 68.1 Å². The molecular weight excluding hydrogens is 421 g/mol. The van der Waals surface area contributed by atoms with Gasteiger partial charge >= 0.3 is 0 Å². The first kappa shape index (κ1) is 20.1. The van der Waals surface area contributed by atoms with E-state index in [0.717, 1.165) is 30.9 Å². The topological polar surface area (TPSA) is 92.5 Å². The molecule has 1 N–H and O–H groups in total. The highest BCUT2D eigenvalue weighted by molar-refractivity contribution is 7.89. The Hall–Kier alpha value is -2.78. The summed E-state index contributed by atoms with van der Waals surface area (Å²) in [5.74, 6) is -0.0550. The molecule has 5 rings (SSSR count). The lowest BCUT2D eigenvalue weighted by molar-refractivity contribution is -0.120. The number of carbonyl (C=O) groups is 1. The molecule has 1 aromatic heterocycles. The van der Waals surface area contributed by atoms with Gasteiger partial charge in [-0.25, -0.2) is 17.8 Å². The van der Waals surface area contributed by atoms with Crippen molar-refractivity contribution in [3.8, 4) is 0 Å². The van der Waals surface area contributed by atoms with Crippen LogP contribution in [0.4, 0.5) is 10.1 Å². The lowest BCUT2D eigenvalue weighted by atomic mass is 9.98. The smallest absolute Gasteiger partial charge is 0.243 e. The largest absolute Gasteiger partial charge is 0.440 e. The highest BCUT2D eigenvalue weighted by atomic mass is 32.2. The lowest BCUT2D eigenvalue weighted by Crippen LogP contribution is -2.43. The normalized spacial score (nSPS) is 20.1. The average molecular weight is 444 g/mol. The molecule has 2 aliphatic rings. The molecule has 1 aliphatic carbocycles. The van der Waals surface area contributed by atoms with Crippen molar-refractivity contribution in [1.29, 1.82) is 0 Å². The van der Waals surface area contributed by atoms with Crippen LogP contribution in [0.15, 0.2) is 51.8 Å². The van der Waals surface area contributed by atoms with Gasteiger partial charge < -0.3 is 9.73 Å². The van der Waals surface area contributed by atoms with Gasteiger partial charge in [0.15, 0.2) is 11.5 Å². The summed E-state index contributed by atoms with van der Waals surface area (Å²) in [5.41, 5.74) is 1.99. The minimum atomic E-state index is -3.78. The van der Waals surface area contributed by atoms with Crippen LogP contribution in [0, 0.1) is 11.7 Å². The molecule has 1 saturated carbocycles. The van der Waals surface area contributed by atoms with Crippen LogP contribution in [0.2, 0.25) is 0 Å². The number of fused-ring (bicyclic) bond motifs is 1. The number of amides is 1. The van der Waals surface area contributed by atoms with Crippen molar-refractivity contribution < 1.29 is 22.0 Å². The summed E-state index contributed by atoms with van der Waals surface area (Å²) in [5, 5.41) is 2.89. The minimum Gasteiger partial charge on any atom is -0.440 e. The van der Waals surface area contributed by atoms with E-state index in [1.54, 1.807) is 18.2 Å². The average Bonchev–Trinajstić information content (AvgIpc) is 3.53. The second-order valence-corrected chi connectivity index (χ2v) is 10.1. The molecular formula is C22H22FN3O4S. The van der Waals surface area contributed by atoms with Crippen molar-refractivity contribution in [2.45, 2.75) is 36.5 Å². The molecule has 7 nitrogen and oxygen atoms in total. The summed E-state index contributed by atoms with van der Waals surface area (Å²) in [6, 6.07) is 10.1. The van der Waals surface area contributed by atoms with Crippen LogP contribution >= 0.6 is 0 Å². The summed E-state index contributed by atoms with van der Waals surface area (Å²) in [6.07, 6.45) is 3.36. The van der Waals surface area contributed by atoms with Crippen LogP contribution in [-0.2, 0) is 14.8 Å². The van der Waals surface area contributed by atoms with Gasteiger partial charge in [0.05, 0.1) is 10.8 Å². The minimum absolute atomic E-state index is 0.0258. The third kappa shape index (κ3) is 4.07. The van der Waals surface area contributed by atoms with Gasteiger partial charge in [-0.15, -0.1) is 0 Å². The third-order valence-electron chi connectivity index (χ3n) is 5.80. The van der Waals surface area contributed by atoms with Gasteiger partial charge in [-0.2, -0.15) is 4.31 Å².